The summed E-state index contributed by atoms with van der Waals surface area (Å²) in [5.74, 6) is 0. The molecule has 1 atom stereocenters. The lowest BCUT2D eigenvalue weighted by atomic mass is 10.2. The summed E-state index contributed by atoms with van der Waals surface area (Å²) >= 11 is 1.73. The molecule has 0 saturated carbocycles. The second-order valence-corrected chi connectivity index (χ2v) is 4.45. The molecule has 0 aliphatic rings. The van der Waals surface area contributed by atoms with Gasteiger partial charge in [-0.1, -0.05) is 6.07 Å². The molecule has 4 heteroatoms. The highest BCUT2D eigenvalue weighted by Crippen LogP contribution is 2.11. The molecule has 0 aromatic carbocycles. The number of aliphatic hydroxyl groups is 2. The van der Waals surface area contributed by atoms with Gasteiger partial charge in [-0.15, -0.1) is 11.3 Å². The predicted octanol–water partition coefficient (Wildman–Crippen LogP) is 0.622. The SMILES string of the molecule is CC(Cc1cccs1)NC(CO)CO. The zero-order chi connectivity index (χ0) is 10.4. The molecule has 0 saturated heterocycles. The molecule has 0 spiro atoms. The topological polar surface area (TPSA) is 52.5 Å². The highest BCUT2D eigenvalue weighted by atomic mass is 32.1. The molecule has 0 bridgehead atoms. The molecular formula is C10H17NO2S. The van der Waals surface area contributed by atoms with Gasteiger partial charge in [0.25, 0.3) is 0 Å². The zero-order valence-electron chi connectivity index (χ0n) is 8.31. The Morgan fingerprint density at radius 2 is 2.14 bits per heavy atom. The first-order chi connectivity index (χ1) is 6.76. The summed E-state index contributed by atoms with van der Waals surface area (Å²) in [7, 11) is 0. The molecule has 3 N–H and O–H groups in total. The largest absolute Gasteiger partial charge is 0.395 e. The molecule has 1 heterocycles. The van der Waals surface area contributed by atoms with Crippen molar-refractivity contribution in [1.82, 2.24) is 5.32 Å². The van der Waals surface area contributed by atoms with Crippen LogP contribution < -0.4 is 5.32 Å². The van der Waals surface area contributed by atoms with Crippen molar-refractivity contribution in [2.45, 2.75) is 25.4 Å². The smallest absolute Gasteiger partial charge is 0.0607 e. The number of nitrogens with one attached hydrogen (secondary N) is 1. The molecule has 80 valence electrons. The molecule has 0 aliphatic carbocycles. The van der Waals surface area contributed by atoms with Crippen molar-refractivity contribution in [3.63, 3.8) is 0 Å². The van der Waals surface area contributed by atoms with E-state index < -0.39 is 0 Å². The van der Waals surface area contributed by atoms with Gasteiger partial charge in [-0.25, -0.2) is 0 Å². The summed E-state index contributed by atoms with van der Waals surface area (Å²) in [5.41, 5.74) is 0. The predicted molar refractivity (Wildman–Crippen MR) is 58.6 cm³/mol. The van der Waals surface area contributed by atoms with Gasteiger partial charge in [-0.2, -0.15) is 0 Å². The van der Waals surface area contributed by atoms with Crippen LogP contribution in [0.1, 0.15) is 11.8 Å². The van der Waals surface area contributed by atoms with Gasteiger partial charge < -0.3 is 15.5 Å². The molecule has 0 aliphatic heterocycles. The minimum absolute atomic E-state index is 0.0225. The Bertz CT molecular complexity index is 234. The van der Waals surface area contributed by atoms with Crippen molar-refractivity contribution in [2.24, 2.45) is 0 Å². The Hall–Kier alpha value is -0.420. The van der Waals surface area contributed by atoms with Gasteiger partial charge >= 0.3 is 0 Å². The number of rotatable bonds is 6. The van der Waals surface area contributed by atoms with Crippen LogP contribution in [-0.4, -0.2) is 35.5 Å². The summed E-state index contributed by atoms with van der Waals surface area (Å²) in [5, 5.41) is 23.0. The monoisotopic (exact) mass is 215 g/mol. The van der Waals surface area contributed by atoms with E-state index >= 15 is 0 Å². The third kappa shape index (κ3) is 3.75. The molecule has 0 fully saturated rings. The fourth-order valence-electron chi connectivity index (χ4n) is 1.35. The molecule has 14 heavy (non-hydrogen) atoms. The van der Waals surface area contributed by atoms with Crippen LogP contribution in [0.15, 0.2) is 17.5 Å². The van der Waals surface area contributed by atoms with Crippen LogP contribution in [0, 0.1) is 0 Å². The quantitative estimate of drug-likeness (QED) is 0.652. The van der Waals surface area contributed by atoms with E-state index in [1.54, 1.807) is 11.3 Å². The van der Waals surface area contributed by atoms with Crippen molar-refractivity contribution in [3.05, 3.63) is 22.4 Å². The maximum atomic E-state index is 8.88. The Morgan fingerprint density at radius 3 is 2.64 bits per heavy atom. The summed E-state index contributed by atoms with van der Waals surface area (Å²) in [6.07, 6.45) is 0.939. The third-order valence-electron chi connectivity index (χ3n) is 2.05. The lowest BCUT2D eigenvalue weighted by Gasteiger charge is -2.19. The highest BCUT2D eigenvalue weighted by Gasteiger charge is 2.10. The molecule has 1 aromatic rings. The third-order valence-corrected chi connectivity index (χ3v) is 2.95. The zero-order valence-corrected chi connectivity index (χ0v) is 9.13. The van der Waals surface area contributed by atoms with Crippen molar-refractivity contribution >= 4 is 11.3 Å². The van der Waals surface area contributed by atoms with Crippen LogP contribution >= 0.6 is 11.3 Å². The molecule has 1 aromatic heterocycles. The molecule has 1 unspecified atom stereocenters. The van der Waals surface area contributed by atoms with E-state index in [9.17, 15) is 0 Å². The Balaban J connectivity index is 2.31. The Labute approximate surface area is 88.4 Å². The standard InChI is InChI=1S/C10H17NO2S/c1-8(11-9(6-12)7-13)5-10-3-2-4-14-10/h2-4,8-9,11-13H,5-7H2,1H3. The van der Waals surface area contributed by atoms with Crippen molar-refractivity contribution < 1.29 is 10.2 Å². The van der Waals surface area contributed by atoms with Crippen molar-refractivity contribution in [3.8, 4) is 0 Å². The molecule has 3 nitrogen and oxygen atoms in total. The summed E-state index contributed by atoms with van der Waals surface area (Å²) in [6.45, 7) is 2.01. The first-order valence-corrected chi connectivity index (χ1v) is 5.64. The van der Waals surface area contributed by atoms with Crippen LogP contribution in [0.4, 0.5) is 0 Å². The van der Waals surface area contributed by atoms with E-state index in [4.69, 9.17) is 10.2 Å². The normalized spacial score (nSPS) is 13.4. The van der Waals surface area contributed by atoms with Crippen LogP contribution in [-0.2, 0) is 6.42 Å². The first kappa shape index (κ1) is 11.7. The Morgan fingerprint density at radius 1 is 1.43 bits per heavy atom. The number of thiophene rings is 1. The van der Waals surface area contributed by atoms with E-state index in [0.29, 0.717) is 0 Å². The molecule has 1 rings (SSSR count). The van der Waals surface area contributed by atoms with E-state index in [-0.39, 0.29) is 25.3 Å². The first-order valence-electron chi connectivity index (χ1n) is 4.76. The lowest BCUT2D eigenvalue weighted by molar-refractivity contribution is 0.163. The number of hydrogen-bond acceptors (Lipinski definition) is 4. The van der Waals surface area contributed by atoms with Crippen LogP contribution in [0.2, 0.25) is 0 Å². The second kappa shape index (κ2) is 6.14. The minimum Gasteiger partial charge on any atom is -0.395 e. The number of aliphatic hydroxyl groups excluding tert-OH is 2. The van der Waals surface area contributed by atoms with Gasteiger partial charge in [-0.05, 0) is 24.8 Å². The van der Waals surface area contributed by atoms with Crippen molar-refractivity contribution in [2.75, 3.05) is 13.2 Å². The molecule has 0 amide bonds. The average Bonchev–Trinajstić information content (AvgIpc) is 2.66. The van der Waals surface area contributed by atoms with Crippen LogP contribution in [0.25, 0.3) is 0 Å². The van der Waals surface area contributed by atoms with E-state index in [0.717, 1.165) is 6.42 Å². The van der Waals surface area contributed by atoms with Gasteiger partial charge in [-0.3, -0.25) is 0 Å². The van der Waals surface area contributed by atoms with Gasteiger partial charge in [0.2, 0.25) is 0 Å². The highest BCUT2D eigenvalue weighted by molar-refractivity contribution is 7.09. The van der Waals surface area contributed by atoms with Gasteiger partial charge in [0.15, 0.2) is 0 Å². The molecular weight excluding hydrogens is 198 g/mol. The van der Waals surface area contributed by atoms with Gasteiger partial charge in [0.05, 0.1) is 19.3 Å². The average molecular weight is 215 g/mol. The molecule has 0 radical (unpaired) electrons. The second-order valence-electron chi connectivity index (χ2n) is 3.41. The van der Waals surface area contributed by atoms with Crippen LogP contribution in [0.3, 0.4) is 0 Å². The lowest BCUT2D eigenvalue weighted by Crippen LogP contribution is -2.42. The van der Waals surface area contributed by atoms with Gasteiger partial charge in [0, 0.05) is 10.9 Å². The fraction of sp³-hybridized carbons (Fsp3) is 0.600. The van der Waals surface area contributed by atoms with Crippen molar-refractivity contribution in [1.29, 1.82) is 0 Å². The maximum Gasteiger partial charge on any atom is 0.0607 e. The van der Waals surface area contributed by atoms with Crippen LogP contribution in [0.5, 0.6) is 0 Å². The van der Waals surface area contributed by atoms with Gasteiger partial charge in [0.1, 0.15) is 0 Å². The summed E-state index contributed by atoms with van der Waals surface area (Å²) < 4.78 is 0. The Kier molecular flexibility index (Phi) is 5.11. The van der Waals surface area contributed by atoms with E-state index in [1.165, 1.54) is 4.88 Å². The van der Waals surface area contributed by atoms with E-state index in [1.807, 2.05) is 6.07 Å². The summed E-state index contributed by atoms with van der Waals surface area (Å²) in [6, 6.07) is 4.20. The fourth-order valence-corrected chi connectivity index (χ4v) is 2.19. The van der Waals surface area contributed by atoms with E-state index in [2.05, 4.69) is 23.7 Å². The minimum atomic E-state index is -0.204. The summed E-state index contributed by atoms with van der Waals surface area (Å²) in [4.78, 5) is 1.32. The maximum absolute atomic E-state index is 8.88. The number of hydrogen-bond donors (Lipinski definition) is 3.